The predicted octanol–water partition coefficient (Wildman–Crippen LogP) is 0.890. The third-order valence-electron chi connectivity index (χ3n) is 1.75. The molecule has 0 saturated heterocycles. The smallest absolute Gasteiger partial charge is 0.399 e. The van der Waals surface area contributed by atoms with Crippen molar-refractivity contribution in [2.75, 3.05) is 17.6 Å². The molecule has 0 amide bonds. The van der Waals surface area contributed by atoms with Crippen LogP contribution in [0.2, 0.25) is 0 Å². The zero-order valence-electron chi connectivity index (χ0n) is 8.45. The molecule has 0 heterocycles. The second-order valence-corrected chi connectivity index (χ2v) is 4.87. The highest BCUT2D eigenvalue weighted by molar-refractivity contribution is 7.89. The number of rotatable bonds is 3. The van der Waals surface area contributed by atoms with Crippen molar-refractivity contribution in [1.82, 2.24) is 0 Å². The summed E-state index contributed by atoms with van der Waals surface area (Å²) in [5.74, 6) is 0. The van der Waals surface area contributed by atoms with Crippen molar-refractivity contribution < 1.29 is 21.6 Å². The maximum absolute atomic E-state index is 11.9. The molecule has 0 aliphatic rings. The van der Waals surface area contributed by atoms with E-state index < -0.39 is 22.7 Å². The van der Waals surface area contributed by atoms with Gasteiger partial charge in [0, 0.05) is 11.4 Å². The molecule has 0 bridgehead atoms. The van der Waals surface area contributed by atoms with E-state index >= 15 is 0 Å². The summed E-state index contributed by atoms with van der Waals surface area (Å²) in [7, 11) is -4.00. The van der Waals surface area contributed by atoms with Crippen LogP contribution in [-0.4, -0.2) is 21.1 Å². The van der Waals surface area contributed by atoms with E-state index in [0.717, 1.165) is 12.1 Å². The van der Waals surface area contributed by atoms with Crippen molar-refractivity contribution in [3.05, 3.63) is 18.2 Å². The van der Waals surface area contributed by atoms with Crippen LogP contribution >= 0.6 is 0 Å². The molecule has 0 radical (unpaired) electrons. The molecule has 0 aliphatic carbocycles. The van der Waals surface area contributed by atoms with Crippen LogP contribution in [0.1, 0.15) is 0 Å². The molecular weight excluding hydrogens is 259 g/mol. The average Bonchev–Trinajstić information content (AvgIpc) is 2.11. The van der Waals surface area contributed by atoms with Crippen LogP contribution in [0.25, 0.3) is 0 Å². The molecule has 0 unspecified atom stereocenters. The largest absolute Gasteiger partial charge is 0.405 e. The van der Waals surface area contributed by atoms with Gasteiger partial charge in [-0.25, -0.2) is 13.6 Å². The highest BCUT2D eigenvalue weighted by atomic mass is 32.2. The first-order valence-corrected chi connectivity index (χ1v) is 5.86. The third kappa shape index (κ3) is 4.49. The van der Waals surface area contributed by atoms with Crippen molar-refractivity contribution in [3.8, 4) is 0 Å². The average molecular weight is 269 g/mol. The Hall–Kier alpha value is -1.48. The Balaban J connectivity index is 2.99. The Kier molecular flexibility index (Phi) is 3.53. The number of nitrogens with two attached hydrogens (primary N) is 2. The quantitative estimate of drug-likeness (QED) is 0.710. The van der Waals surface area contributed by atoms with E-state index in [9.17, 15) is 21.6 Å². The van der Waals surface area contributed by atoms with Crippen LogP contribution in [0.3, 0.4) is 0 Å². The summed E-state index contributed by atoms with van der Waals surface area (Å²) < 4.78 is 57.8. The first kappa shape index (κ1) is 13.6. The highest BCUT2D eigenvalue weighted by Crippen LogP contribution is 2.21. The van der Waals surface area contributed by atoms with Crippen LogP contribution in [0, 0.1) is 0 Å². The maximum Gasteiger partial charge on any atom is 0.405 e. The van der Waals surface area contributed by atoms with E-state index in [1.165, 1.54) is 6.07 Å². The number of hydrogen-bond donors (Lipinski definition) is 3. The van der Waals surface area contributed by atoms with Gasteiger partial charge in [0.15, 0.2) is 0 Å². The lowest BCUT2D eigenvalue weighted by molar-refractivity contribution is -0.115. The highest BCUT2D eigenvalue weighted by Gasteiger charge is 2.26. The van der Waals surface area contributed by atoms with E-state index in [1.807, 2.05) is 5.32 Å². The van der Waals surface area contributed by atoms with E-state index in [1.54, 1.807) is 0 Å². The van der Waals surface area contributed by atoms with Gasteiger partial charge in [0.05, 0.1) is 4.90 Å². The fourth-order valence-electron chi connectivity index (χ4n) is 1.09. The van der Waals surface area contributed by atoms with Gasteiger partial charge in [-0.15, -0.1) is 0 Å². The van der Waals surface area contributed by atoms with Gasteiger partial charge in [-0.05, 0) is 18.2 Å². The molecular formula is C8H10F3N3O2S. The van der Waals surface area contributed by atoms with Crippen molar-refractivity contribution in [1.29, 1.82) is 0 Å². The van der Waals surface area contributed by atoms with Crippen LogP contribution in [0.4, 0.5) is 24.5 Å². The van der Waals surface area contributed by atoms with Crippen molar-refractivity contribution in [2.24, 2.45) is 5.14 Å². The number of nitrogens with one attached hydrogen (secondary N) is 1. The fourth-order valence-corrected chi connectivity index (χ4v) is 1.68. The van der Waals surface area contributed by atoms with E-state index in [4.69, 9.17) is 10.9 Å². The number of hydrogen-bond acceptors (Lipinski definition) is 4. The fraction of sp³-hybridized carbons (Fsp3) is 0.250. The molecule has 0 aliphatic heterocycles. The number of sulfonamides is 1. The van der Waals surface area contributed by atoms with Crippen molar-refractivity contribution in [2.45, 2.75) is 11.1 Å². The Morgan fingerprint density at radius 2 is 1.82 bits per heavy atom. The maximum atomic E-state index is 11.9. The SMILES string of the molecule is Nc1cc(NCC(F)(F)F)cc(S(N)(=O)=O)c1. The number of anilines is 2. The van der Waals surface area contributed by atoms with Gasteiger partial charge in [0.1, 0.15) is 6.54 Å². The van der Waals surface area contributed by atoms with E-state index in [2.05, 4.69) is 0 Å². The number of primary sulfonamides is 1. The monoisotopic (exact) mass is 269 g/mol. The zero-order valence-corrected chi connectivity index (χ0v) is 9.27. The lowest BCUT2D eigenvalue weighted by atomic mass is 10.3. The number of benzene rings is 1. The van der Waals surface area contributed by atoms with Gasteiger partial charge in [0.25, 0.3) is 0 Å². The summed E-state index contributed by atoms with van der Waals surface area (Å²) in [5.41, 5.74) is 5.29. The molecule has 1 rings (SSSR count). The molecule has 0 fully saturated rings. The Morgan fingerprint density at radius 3 is 2.29 bits per heavy atom. The second kappa shape index (κ2) is 4.41. The summed E-state index contributed by atoms with van der Waals surface area (Å²) in [5, 5.41) is 6.86. The standard InChI is InChI=1S/C8H10F3N3O2S/c9-8(10,11)4-14-6-1-5(12)2-7(3-6)17(13,15)16/h1-3,14H,4,12H2,(H2,13,15,16). The van der Waals surface area contributed by atoms with Gasteiger partial charge in [-0.3, -0.25) is 0 Å². The molecule has 5 nitrogen and oxygen atoms in total. The summed E-state index contributed by atoms with van der Waals surface area (Å²) in [6.07, 6.45) is -4.41. The van der Waals surface area contributed by atoms with Crippen LogP contribution in [-0.2, 0) is 10.0 Å². The van der Waals surface area contributed by atoms with Gasteiger partial charge >= 0.3 is 6.18 Å². The van der Waals surface area contributed by atoms with Crippen molar-refractivity contribution >= 4 is 21.4 Å². The molecule has 0 saturated carbocycles. The van der Waals surface area contributed by atoms with E-state index in [0.29, 0.717) is 0 Å². The van der Waals surface area contributed by atoms with Crippen molar-refractivity contribution in [3.63, 3.8) is 0 Å². The molecule has 0 atom stereocenters. The summed E-state index contributed by atoms with van der Waals surface area (Å²) in [6, 6.07) is 3.23. The number of halogens is 3. The lowest BCUT2D eigenvalue weighted by Gasteiger charge is -2.11. The zero-order chi connectivity index (χ0) is 13.3. The summed E-state index contributed by atoms with van der Waals surface area (Å²) in [4.78, 5) is -0.345. The number of nitrogen functional groups attached to an aromatic ring is 1. The topological polar surface area (TPSA) is 98.2 Å². The second-order valence-electron chi connectivity index (χ2n) is 3.30. The molecule has 96 valence electrons. The third-order valence-corrected chi connectivity index (χ3v) is 2.64. The number of alkyl halides is 3. The molecule has 5 N–H and O–H groups in total. The Morgan fingerprint density at radius 1 is 1.24 bits per heavy atom. The Labute approximate surface area is 95.6 Å². The normalized spacial score (nSPS) is 12.5. The minimum absolute atomic E-state index is 0.00111. The molecule has 17 heavy (non-hydrogen) atoms. The molecule has 1 aromatic carbocycles. The molecule has 0 aromatic heterocycles. The first-order chi connectivity index (χ1) is 7.58. The molecule has 1 aromatic rings. The first-order valence-electron chi connectivity index (χ1n) is 4.32. The van der Waals surface area contributed by atoms with E-state index in [-0.39, 0.29) is 16.3 Å². The molecule has 0 spiro atoms. The summed E-state index contributed by atoms with van der Waals surface area (Å²) in [6.45, 7) is -1.29. The Bertz CT molecular complexity index is 513. The van der Waals surface area contributed by atoms with Gasteiger partial charge in [-0.1, -0.05) is 0 Å². The minimum Gasteiger partial charge on any atom is -0.399 e. The van der Waals surface area contributed by atoms with Gasteiger partial charge < -0.3 is 11.1 Å². The van der Waals surface area contributed by atoms with Crippen LogP contribution in [0.15, 0.2) is 23.1 Å². The van der Waals surface area contributed by atoms with Crippen LogP contribution < -0.4 is 16.2 Å². The summed E-state index contributed by atoms with van der Waals surface area (Å²) >= 11 is 0. The van der Waals surface area contributed by atoms with Gasteiger partial charge in [0.2, 0.25) is 10.0 Å². The molecule has 9 heteroatoms. The van der Waals surface area contributed by atoms with Crippen LogP contribution in [0.5, 0.6) is 0 Å². The predicted molar refractivity (Wildman–Crippen MR) is 56.8 cm³/mol. The minimum atomic E-state index is -4.41. The lowest BCUT2D eigenvalue weighted by Crippen LogP contribution is -2.21. The van der Waals surface area contributed by atoms with Gasteiger partial charge in [-0.2, -0.15) is 13.2 Å².